The van der Waals surface area contributed by atoms with Gasteiger partial charge in [-0.05, 0) is 37.8 Å². The number of aromatic amines is 1. The number of carbonyl (C=O) groups excluding carboxylic acids is 1. The molecule has 5 rings (SSSR count). The molecular formula is C21H23N7O2. The number of carbonyl (C=O) groups is 1. The number of methoxy groups -OCH3 is 1. The summed E-state index contributed by atoms with van der Waals surface area (Å²) < 4.78 is 5.54. The van der Waals surface area contributed by atoms with E-state index in [2.05, 4.69) is 30.0 Å². The van der Waals surface area contributed by atoms with Crippen LogP contribution in [0.5, 0.6) is 0 Å². The van der Waals surface area contributed by atoms with Crippen LogP contribution in [0.2, 0.25) is 0 Å². The van der Waals surface area contributed by atoms with E-state index in [9.17, 15) is 4.79 Å². The molecule has 154 valence electrons. The van der Waals surface area contributed by atoms with Crippen molar-refractivity contribution < 1.29 is 9.53 Å². The maximum Gasteiger partial charge on any atom is 0.263 e. The number of nitrogens with zero attached hydrogens (tertiary/aromatic N) is 6. The number of benzene rings is 1. The highest BCUT2D eigenvalue weighted by Crippen LogP contribution is 2.44. The van der Waals surface area contributed by atoms with E-state index in [4.69, 9.17) is 4.74 Å². The predicted octanol–water partition coefficient (Wildman–Crippen LogP) is 2.78. The summed E-state index contributed by atoms with van der Waals surface area (Å²) >= 11 is 0. The molecule has 1 aliphatic carbocycles. The Bertz CT molecular complexity index is 1000. The Hall–Kier alpha value is -3.33. The SMILES string of the molecule is COC1CCC(N2c3nccnc3N(c3ccccc3)C(=O)C2c2ncn[nH]2)CC1. The van der Waals surface area contributed by atoms with Crippen molar-refractivity contribution in [3.63, 3.8) is 0 Å². The van der Waals surface area contributed by atoms with Crippen molar-refractivity contribution in [2.45, 2.75) is 43.9 Å². The number of ether oxygens (including phenoxy) is 1. The Kier molecular flexibility index (Phi) is 4.88. The largest absolute Gasteiger partial charge is 0.381 e. The zero-order chi connectivity index (χ0) is 20.5. The average molecular weight is 405 g/mol. The van der Waals surface area contributed by atoms with Gasteiger partial charge in [0.25, 0.3) is 5.91 Å². The smallest absolute Gasteiger partial charge is 0.263 e. The molecule has 30 heavy (non-hydrogen) atoms. The zero-order valence-electron chi connectivity index (χ0n) is 16.7. The Balaban J connectivity index is 1.63. The lowest BCUT2D eigenvalue weighted by molar-refractivity contribution is -0.120. The molecule has 1 fully saturated rings. The van der Waals surface area contributed by atoms with Crippen LogP contribution in [0.25, 0.3) is 0 Å². The lowest BCUT2D eigenvalue weighted by Crippen LogP contribution is -2.52. The summed E-state index contributed by atoms with van der Waals surface area (Å²) in [4.78, 5) is 31.1. The standard InChI is InChI=1S/C21H23N7O2/c1-30-16-9-7-15(8-10-16)27-17(18-24-13-25-26-18)21(29)28(14-5-3-2-4-6-14)20-19(27)22-11-12-23-20/h2-6,11-13,15-17H,7-10H2,1H3,(H,24,25,26). The van der Waals surface area contributed by atoms with Crippen molar-refractivity contribution in [1.82, 2.24) is 25.1 Å². The first-order valence-corrected chi connectivity index (χ1v) is 10.1. The first kappa shape index (κ1) is 18.7. The van der Waals surface area contributed by atoms with E-state index < -0.39 is 6.04 Å². The van der Waals surface area contributed by atoms with Gasteiger partial charge >= 0.3 is 0 Å². The highest BCUT2D eigenvalue weighted by Gasteiger charge is 2.46. The number of hydrogen-bond donors (Lipinski definition) is 1. The van der Waals surface area contributed by atoms with E-state index in [1.807, 2.05) is 30.3 Å². The minimum atomic E-state index is -0.652. The van der Waals surface area contributed by atoms with Gasteiger partial charge in [0.05, 0.1) is 11.8 Å². The van der Waals surface area contributed by atoms with Crippen LogP contribution < -0.4 is 9.80 Å². The van der Waals surface area contributed by atoms with Crippen LogP contribution >= 0.6 is 0 Å². The number of fused-ring (bicyclic) bond motifs is 1. The Morgan fingerprint density at radius 1 is 1.00 bits per heavy atom. The molecule has 0 bridgehead atoms. The Morgan fingerprint density at radius 3 is 2.40 bits per heavy atom. The van der Waals surface area contributed by atoms with Crippen LogP contribution in [0.4, 0.5) is 17.3 Å². The lowest BCUT2D eigenvalue weighted by Gasteiger charge is -2.45. The second-order valence-corrected chi connectivity index (χ2v) is 7.56. The molecule has 0 spiro atoms. The van der Waals surface area contributed by atoms with E-state index in [0.717, 1.165) is 31.4 Å². The van der Waals surface area contributed by atoms with E-state index in [0.29, 0.717) is 17.5 Å². The fourth-order valence-electron chi connectivity index (χ4n) is 4.50. The topological polar surface area (TPSA) is 100 Å². The summed E-state index contributed by atoms with van der Waals surface area (Å²) in [6.45, 7) is 0. The van der Waals surface area contributed by atoms with E-state index in [1.54, 1.807) is 24.4 Å². The van der Waals surface area contributed by atoms with Crippen LogP contribution in [0.1, 0.15) is 37.5 Å². The third kappa shape index (κ3) is 3.11. The second-order valence-electron chi connectivity index (χ2n) is 7.56. The highest BCUT2D eigenvalue weighted by molar-refractivity contribution is 6.09. The van der Waals surface area contributed by atoms with Gasteiger partial charge in [-0.25, -0.2) is 15.0 Å². The lowest BCUT2D eigenvalue weighted by atomic mass is 9.90. The molecule has 2 aromatic heterocycles. The summed E-state index contributed by atoms with van der Waals surface area (Å²) in [7, 11) is 1.76. The summed E-state index contributed by atoms with van der Waals surface area (Å²) in [5, 5.41) is 6.91. The molecule has 3 heterocycles. The summed E-state index contributed by atoms with van der Waals surface area (Å²) in [6.07, 6.45) is 8.66. The molecular weight excluding hydrogens is 382 g/mol. The number of para-hydroxylation sites is 1. The molecule has 2 aliphatic rings. The number of anilines is 3. The number of H-pyrrole nitrogens is 1. The van der Waals surface area contributed by atoms with Gasteiger partial charge in [0.2, 0.25) is 0 Å². The first-order chi connectivity index (χ1) is 14.8. The number of nitrogens with one attached hydrogen (secondary N) is 1. The number of hydrogen-bond acceptors (Lipinski definition) is 7. The Labute approximate surface area is 174 Å². The molecule has 1 aromatic carbocycles. The minimum Gasteiger partial charge on any atom is -0.381 e. The Morgan fingerprint density at radius 2 is 1.73 bits per heavy atom. The molecule has 1 N–H and O–H groups in total. The summed E-state index contributed by atoms with van der Waals surface area (Å²) in [5.74, 6) is 1.60. The van der Waals surface area contributed by atoms with Crippen molar-refractivity contribution in [2.24, 2.45) is 0 Å². The number of aromatic nitrogens is 5. The average Bonchev–Trinajstić information content (AvgIpc) is 3.33. The molecule has 1 amide bonds. The molecule has 3 aromatic rings. The number of rotatable bonds is 4. The molecule has 1 atom stereocenters. The van der Waals surface area contributed by atoms with Crippen LogP contribution in [-0.4, -0.2) is 50.3 Å². The third-order valence-electron chi connectivity index (χ3n) is 5.93. The fourth-order valence-corrected chi connectivity index (χ4v) is 4.50. The van der Waals surface area contributed by atoms with Crippen LogP contribution in [0.15, 0.2) is 49.1 Å². The van der Waals surface area contributed by atoms with Gasteiger partial charge in [-0.3, -0.25) is 14.8 Å². The first-order valence-electron chi connectivity index (χ1n) is 10.1. The van der Waals surface area contributed by atoms with Crippen LogP contribution in [0, 0.1) is 0 Å². The van der Waals surface area contributed by atoms with E-state index >= 15 is 0 Å². The monoisotopic (exact) mass is 405 g/mol. The van der Waals surface area contributed by atoms with Crippen LogP contribution in [0.3, 0.4) is 0 Å². The molecule has 9 heteroatoms. The van der Waals surface area contributed by atoms with Gasteiger partial charge in [-0.2, -0.15) is 5.10 Å². The van der Waals surface area contributed by atoms with Crippen LogP contribution in [-0.2, 0) is 9.53 Å². The number of amides is 1. The molecule has 0 saturated heterocycles. The maximum absolute atomic E-state index is 13.9. The van der Waals surface area contributed by atoms with Crippen molar-refractivity contribution in [3.05, 3.63) is 54.9 Å². The molecule has 9 nitrogen and oxygen atoms in total. The molecule has 1 unspecified atom stereocenters. The van der Waals surface area contributed by atoms with Gasteiger partial charge in [0.1, 0.15) is 6.33 Å². The van der Waals surface area contributed by atoms with Gasteiger partial charge in [-0.1, -0.05) is 18.2 Å². The summed E-state index contributed by atoms with van der Waals surface area (Å²) in [5.41, 5.74) is 0.747. The van der Waals surface area contributed by atoms with Crippen molar-refractivity contribution in [2.75, 3.05) is 16.9 Å². The predicted molar refractivity (Wildman–Crippen MR) is 110 cm³/mol. The van der Waals surface area contributed by atoms with E-state index in [-0.39, 0.29) is 18.1 Å². The molecule has 0 radical (unpaired) electrons. The van der Waals surface area contributed by atoms with Crippen molar-refractivity contribution in [3.8, 4) is 0 Å². The van der Waals surface area contributed by atoms with E-state index in [1.165, 1.54) is 6.33 Å². The van der Waals surface area contributed by atoms with Gasteiger partial charge < -0.3 is 9.64 Å². The fraction of sp³-hybridized carbons (Fsp3) is 0.381. The summed E-state index contributed by atoms with van der Waals surface area (Å²) in [6, 6.07) is 9.00. The second kappa shape index (κ2) is 7.83. The van der Waals surface area contributed by atoms with Gasteiger partial charge in [-0.15, -0.1) is 0 Å². The molecule has 1 aliphatic heterocycles. The van der Waals surface area contributed by atoms with Crippen molar-refractivity contribution in [1.29, 1.82) is 0 Å². The quantitative estimate of drug-likeness (QED) is 0.712. The molecule has 1 saturated carbocycles. The zero-order valence-corrected chi connectivity index (χ0v) is 16.7. The normalized spacial score (nSPS) is 24.0. The maximum atomic E-state index is 13.9. The van der Waals surface area contributed by atoms with Gasteiger partial charge in [0.15, 0.2) is 23.5 Å². The third-order valence-corrected chi connectivity index (χ3v) is 5.93. The van der Waals surface area contributed by atoms with Gasteiger partial charge in [0, 0.05) is 25.5 Å². The highest BCUT2D eigenvalue weighted by atomic mass is 16.5. The minimum absolute atomic E-state index is 0.125. The van der Waals surface area contributed by atoms with Crippen molar-refractivity contribution >= 4 is 23.2 Å².